The van der Waals surface area contributed by atoms with Crippen LogP contribution >= 0.6 is 11.6 Å². The lowest BCUT2D eigenvalue weighted by Gasteiger charge is -2.11. The largest absolute Gasteiger partial charge is 0.379 e. The minimum atomic E-state index is -0.179. The van der Waals surface area contributed by atoms with Crippen molar-refractivity contribution in [2.45, 2.75) is 26.4 Å². The Bertz CT molecular complexity index is 205. The van der Waals surface area contributed by atoms with Crippen molar-refractivity contribution >= 4 is 17.5 Å². The minimum Gasteiger partial charge on any atom is -0.379 e. The topological polar surface area (TPSA) is 56.8 Å². The van der Waals surface area contributed by atoms with Crippen molar-refractivity contribution in [2.75, 3.05) is 45.5 Å². The van der Waals surface area contributed by atoms with Gasteiger partial charge in [-0.15, -0.1) is 11.6 Å². The van der Waals surface area contributed by atoms with E-state index in [0.717, 1.165) is 13.0 Å². The number of halogens is 1. The van der Waals surface area contributed by atoms with Crippen LogP contribution in [0.3, 0.4) is 0 Å². The summed E-state index contributed by atoms with van der Waals surface area (Å²) in [5.41, 5.74) is 0. The van der Waals surface area contributed by atoms with Gasteiger partial charge in [-0.2, -0.15) is 0 Å². The highest BCUT2D eigenvalue weighted by atomic mass is 35.5. The predicted molar refractivity (Wildman–Crippen MR) is 71.1 cm³/mol. The fourth-order valence-electron chi connectivity index (χ4n) is 1.25. The van der Waals surface area contributed by atoms with Crippen LogP contribution in [0.25, 0.3) is 0 Å². The summed E-state index contributed by atoms with van der Waals surface area (Å²) >= 11 is 5.31. The van der Waals surface area contributed by atoms with Crippen LogP contribution in [0.4, 0.5) is 0 Å². The molecule has 1 atom stereocenters. The Hall–Kier alpha value is -0.360. The van der Waals surface area contributed by atoms with Crippen molar-refractivity contribution in [2.24, 2.45) is 0 Å². The lowest BCUT2D eigenvalue weighted by Crippen LogP contribution is -2.28. The molecule has 0 bridgehead atoms. The van der Waals surface area contributed by atoms with E-state index in [4.69, 9.17) is 25.8 Å². The summed E-state index contributed by atoms with van der Waals surface area (Å²) in [4.78, 5) is 10.8. The second kappa shape index (κ2) is 13.1. The summed E-state index contributed by atoms with van der Waals surface area (Å²) in [6, 6.07) is 0. The number of rotatable bonds is 12. The molecule has 0 radical (unpaired) electrons. The molecule has 0 saturated carbocycles. The number of alkyl halides is 1. The summed E-state index contributed by atoms with van der Waals surface area (Å²) in [7, 11) is 0. The van der Waals surface area contributed by atoms with Gasteiger partial charge in [0.25, 0.3) is 0 Å². The van der Waals surface area contributed by atoms with Gasteiger partial charge in [-0.25, -0.2) is 0 Å². The van der Waals surface area contributed by atoms with E-state index in [1.807, 2.05) is 13.8 Å². The summed E-state index contributed by atoms with van der Waals surface area (Å²) < 4.78 is 16.0. The first-order chi connectivity index (χ1) is 8.70. The first-order valence-corrected chi connectivity index (χ1v) is 6.83. The van der Waals surface area contributed by atoms with Crippen LogP contribution in [0, 0.1) is 0 Å². The highest BCUT2D eigenvalue weighted by Crippen LogP contribution is 1.97. The van der Waals surface area contributed by atoms with Gasteiger partial charge in [-0.3, -0.25) is 4.79 Å². The van der Waals surface area contributed by atoms with Gasteiger partial charge >= 0.3 is 0 Å². The fourth-order valence-corrected chi connectivity index (χ4v) is 1.34. The van der Waals surface area contributed by atoms with E-state index in [9.17, 15) is 4.79 Å². The van der Waals surface area contributed by atoms with E-state index >= 15 is 0 Å². The van der Waals surface area contributed by atoms with Crippen molar-refractivity contribution in [1.82, 2.24) is 5.32 Å². The molecular formula is C12H24ClNO4. The number of carbonyl (C=O) groups is 1. The smallest absolute Gasteiger partial charge is 0.235 e. The second-order valence-corrected chi connectivity index (χ2v) is 4.03. The van der Waals surface area contributed by atoms with Gasteiger partial charge in [0, 0.05) is 19.8 Å². The van der Waals surface area contributed by atoms with Gasteiger partial charge in [-0.05, 0) is 20.3 Å². The van der Waals surface area contributed by atoms with Crippen LogP contribution in [-0.2, 0) is 19.0 Å². The van der Waals surface area contributed by atoms with Gasteiger partial charge in [0.2, 0.25) is 5.91 Å². The van der Waals surface area contributed by atoms with Crippen molar-refractivity contribution in [3.05, 3.63) is 0 Å². The van der Waals surface area contributed by atoms with Gasteiger partial charge in [0.1, 0.15) is 5.88 Å². The highest BCUT2D eigenvalue weighted by Gasteiger charge is 2.00. The van der Waals surface area contributed by atoms with Crippen molar-refractivity contribution in [3.63, 3.8) is 0 Å². The lowest BCUT2D eigenvalue weighted by molar-refractivity contribution is -0.118. The Kier molecular flexibility index (Phi) is 12.8. The van der Waals surface area contributed by atoms with E-state index in [-0.39, 0.29) is 17.9 Å². The molecule has 1 N–H and O–H groups in total. The zero-order chi connectivity index (χ0) is 13.6. The van der Waals surface area contributed by atoms with E-state index in [0.29, 0.717) is 33.0 Å². The molecule has 0 saturated heterocycles. The molecule has 6 heteroatoms. The summed E-state index contributed by atoms with van der Waals surface area (Å²) in [6.07, 6.45) is 1.13. The van der Waals surface area contributed by atoms with Crippen LogP contribution in [-0.4, -0.2) is 57.5 Å². The number of hydrogen-bond donors (Lipinski definition) is 1. The zero-order valence-electron chi connectivity index (χ0n) is 11.2. The van der Waals surface area contributed by atoms with E-state index in [2.05, 4.69) is 5.32 Å². The zero-order valence-corrected chi connectivity index (χ0v) is 12.0. The molecule has 0 aromatic rings. The molecule has 0 aromatic carbocycles. The predicted octanol–water partition coefficient (Wildman–Crippen LogP) is 1.19. The average Bonchev–Trinajstić information content (AvgIpc) is 2.36. The van der Waals surface area contributed by atoms with Crippen molar-refractivity contribution in [1.29, 1.82) is 0 Å². The molecule has 0 aromatic heterocycles. The third kappa shape index (κ3) is 12.1. The maximum Gasteiger partial charge on any atom is 0.235 e. The van der Waals surface area contributed by atoms with Gasteiger partial charge in [0.05, 0.1) is 25.9 Å². The molecule has 0 aliphatic rings. The Labute approximate surface area is 114 Å². The Morgan fingerprint density at radius 1 is 1.22 bits per heavy atom. The van der Waals surface area contributed by atoms with Crippen molar-refractivity contribution in [3.8, 4) is 0 Å². The molecule has 5 nitrogen and oxygen atoms in total. The van der Waals surface area contributed by atoms with Crippen LogP contribution in [0.15, 0.2) is 0 Å². The van der Waals surface area contributed by atoms with Crippen LogP contribution in [0.5, 0.6) is 0 Å². The Morgan fingerprint density at radius 2 is 1.89 bits per heavy atom. The summed E-state index contributed by atoms with van der Waals surface area (Å²) in [6.45, 7) is 7.46. The van der Waals surface area contributed by atoms with Crippen molar-refractivity contribution < 1.29 is 19.0 Å². The fraction of sp³-hybridized carbons (Fsp3) is 0.917. The van der Waals surface area contributed by atoms with Gasteiger partial charge < -0.3 is 19.5 Å². The third-order valence-corrected chi connectivity index (χ3v) is 2.42. The lowest BCUT2D eigenvalue weighted by atomic mass is 10.3. The normalized spacial score (nSPS) is 12.4. The number of hydrogen-bond acceptors (Lipinski definition) is 4. The number of carbonyl (C=O) groups excluding carboxylic acids is 1. The highest BCUT2D eigenvalue weighted by molar-refractivity contribution is 6.27. The van der Waals surface area contributed by atoms with Crippen LogP contribution in [0.1, 0.15) is 20.3 Å². The molecule has 0 rings (SSSR count). The van der Waals surface area contributed by atoms with E-state index in [1.165, 1.54) is 0 Å². The SMILES string of the molecule is CCOC(C)CCOCCOCCNC(=O)CCl. The molecule has 1 amide bonds. The minimum absolute atomic E-state index is 0.0128. The maximum absolute atomic E-state index is 10.8. The Balaban J connectivity index is 3.09. The molecule has 108 valence electrons. The third-order valence-electron chi connectivity index (χ3n) is 2.18. The molecule has 18 heavy (non-hydrogen) atoms. The monoisotopic (exact) mass is 281 g/mol. The van der Waals surface area contributed by atoms with Gasteiger partial charge in [0.15, 0.2) is 0 Å². The van der Waals surface area contributed by atoms with Crippen LogP contribution in [0.2, 0.25) is 0 Å². The first-order valence-electron chi connectivity index (χ1n) is 6.30. The number of amides is 1. The molecule has 0 heterocycles. The molecule has 0 spiro atoms. The summed E-state index contributed by atoms with van der Waals surface area (Å²) in [5.74, 6) is -0.192. The van der Waals surface area contributed by atoms with Gasteiger partial charge in [-0.1, -0.05) is 0 Å². The average molecular weight is 282 g/mol. The molecule has 0 aliphatic carbocycles. The molecule has 1 unspecified atom stereocenters. The molecule has 0 fully saturated rings. The standard InChI is InChI=1S/C12H24ClNO4/c1-3-18-11(2)4-6-16-8-9-17-7-5-14-12(15)10-13/h11H,3-10H2,1-2H3,(H,14,15). The van der Waals surface area contributed by atoms with E-state index < -0.39 is 0 Å². The van der Waals surface area contributed by atoms with E-state index in [1.54, 1.807) is 0 Å². The quantitative estimate of drug-likeness (QED) is 0.431. The number of ether oxygens (including phenoxy) is 3. The Morgan fingerprint density at radius 3 is 2.50 bits per heavy atom. The maximum atomic E-state index is 10.8. The molecule has 0 aliphatic heterocycles. The van der Waals surface area contributed by atoms with Crippen LogP contribution < -0.4 is 5.32 Å². The molecular weight excluding hydrogens is 258 g/mol. The second-order valence-electron chi connectivity index (χ2n) is 3.76. The first kappa shape index (κ1) is 17.6. The number of nitrogens with one attached hydrogen (secondary N) is 1. The summed E-state index contributed by atoms with van der Waals surface area (Å²) in [5, 5.41) is 2.61.